The van der Waals surface area contributed by atoms with Gasteiger partial charge in [-0.3, -0.25) is 10.0 Å². The molecule has 6 nitrogen and oxygen atoms in total. The second-order valence-corrected chi connectivity index (χ2v) is 7.74. The molecule has 0 atom stereocenters. The molecule has 4 N–H and O–H groups in total. The smallest absolute Gasteiger partial charge is 0.267 e. The number of aromatic nitrogens is 1. The molecule has 4 aromatic rings. The molecule has 3 aromatic carbocycles. The van der Waals surface area contributed by atoms with Gasteiger partial charge in [0.2, 0.25) is 0 Å². The lowest BCUT2D eigenvalue weighted by atomic mass is 10.1. The van der Waals surface area contributed by atoms with E-state index in [1.165, 1.54) is 17.0 Å². The number of fused-ring (bicyclic) bond motifs is 1. The van der Waals surface area contributed by atoms with E-state index in [0.29, 0.717) is 6.61 Å². The summed E-state index contributed by atoms with van der Waals surface area (Å²) in [6.45, 7) is 2.15. The van der Waals surface area contributed by atoms with Crippen LogP contribution in [0, 0.1) is 0 Å². The van der Waals surface area contributed by atoms with E-state index in [1.54, 1.807) is 11.6 Å². The lowest BCUT2D eigenvalue weighted by Gasteiger charge is -2.08. The number of para-hydroxylation sites is 1. The first-order valence-electron chi connectivity index (χ1n) is 10.9. The van der Waals surface area contributed by atoms with Gasteiger partial charge in [0.25, 0.3) is 5.91 Å². The van der Waals surface area contributed by atoms with Crippen LogP contribution in [0.25, 0.3) is 17.0 Å². The van der Waals surface area contributed by atoms with Crippen LogP contribution in [0.1, 0.15) is 22.3 Å². The Morgan fingerprint density at radius 1 is 0.970 bits per heavy atom. The van der Waals surface area contributed by atoms with Gasteiger partial charge in [0, 0.05) is 24.2 Å². The minimum absolute atomic E-state index is 0.541. The van der Waals surface area contributed by atoms with Crippen molar-refractivity contribution in [2.45, 2.75) is 19.6 Å². The predicted molar refractivity (Wildman–Crippen MR) is 130 cm³/mol. The maximum absolute atomic E-state index is 11.0. The first-order chi connectivity index (χ1) is 16.2. The average molecular weight is 442 g/mol. The van der Waals surface area contributed by atoms with Crippen molar-refractivity contribution < 1.29 is 14.7 Å². The zero-order chi connectivity index (χ0) is 22.9. The SMILES string of the molecule is O=C(/C=C/c1ccc(CNCCc2c[nH]c3c(OCc4ccccc4)cccc23)cc1)NO. The second-order valence-electron chi connectivity index (χ2n) is 7.74. The summed E-state index contributed by atoms with van der Waals surface area (Å²) in [5.74, 6) is 0.314. The van der Waals surface area contributed by atoms with Crippen molar-refractivity contribution in [3.63, 3.8) is 0 Å². The average Bonchev–Trinajstić information content (AvgIpc) is 3.29. The molecule has 0 fully saturated rings. The molecule has 0 aliphatic heterocycles. The van der Waals surface area contributed by atoms with E-state index in [0.717, 1.165) is 47.5 Å². The molecule has 6 heteroatoms. The number of hydrogen-bond donors (Lipinski definition) is 4. The van der Waals surface area contributed by atoms with Crippen molar-refractivity contribution in [2.24, 2.45) is 0 Å². The number of hydrogen-bond acceptors (Lipinski definition) is 4. The van der Waals surface area contributed by atoms with Gasteiger partial charge < -0.3 is 15.0 Å². The fraction of sp³-hybridized carbons (Fsp3) is 0.148. The number of aromatic amines is 1. The van der Waals surface area contributed by atoms with Crippen LogP contribution in [0.2, 0.25) is 0 Å². The third-order valence-electron chi connectivity index (χ3n) is 5.42. The van der Waals surface area contributed by atoms with Gasteiger partial charge in [0.15, 0.2) is 0 Å². The molecule has 0 radical (unpaired) electrons. The topological polar surface area (TPSA) is 86.4 Å². The van der Waals surface area contributed by atoms with Gasteiger partial charge >= 0.3 is 0 Å². The normalized spacial score (nSPS) is 11.2. The van der Waals surface area contributed by atoms with Crippen molar-refractivity contribution in [2.75, 3.05) is 6.54 Å². The molecule has 33 heavy (non-hydrogen) atoms. The van der Waals surface area contributed by atoms with Crippen LogP contribution < -0.4 is 15.5 Å². The lowest BCUT2D eigenvalue weighted by Crippen LogP contribution is -2.16. The number of carbonyl (C=O) groups is 1. The number of benzene rings is 3. The zero-order valence-electron chi connectivity index (χ0n) is 18.3. The molecule has 1 aromatic heterocycles. The van der Waals surface area contributed by atoms with E-state index >= 15 is 0 Å². The quantitative estimate of drug-likeness (QED) is 0.125. The third kappa shape index (κ3) is 6.10. The van der Waals surface area contributed by atoms with Crippen LogP contribution in [0.5, 0.6) is 5.75 Å². The van der Waals surface area contributed by atoms with E-state index in [1.807, 2.05) is 54.6 Å². The molecule has 0 unspecified atom stereocenters. The van der Waals surface area contributed by atoms with Crippen molar-refractivity contribution in [1.29, 1.82) is 0 Å². The van der Waals surface area contributed by atoms with E-state index in [9.17, 15) is 4.79 Å². The molecule has 168 valence electrons. The summed E-state index contributed by atoms with van der Waals surface area (Å²) in [6, 6.07) is 24.2. The molecule has 1 heterocycles. The van der Waals surface area contributed by atoms with Crippen LogP contribution in [-0.2, 0) is 24.4 Å². The second kappa shape index (κ2) is 11.1. The molecule has 0 saturated carbocycles. The third-order valence-corrected chi connectivity index (χ3v) is 5.42. The van der Waals surface area contributed by atoms with Crippen LogP contribution in [0.15, 0.2) is 85.1 Å². The van der Waals surface area contributed by atoms with Gasteiger partial charge in [-0.25, -0.2) is 5.48 Å². The van der Waals surface area contributed by atoms with E-state index < -0.39 is 5.91 Å². The maximum atomic E-state index is 11.0. The van der Waals surface area contributed by atoms with Gasteiger partial charge in [-0.2, -0.15) is 0 Å². The fourth-order valence-corrected chi connectivity index (χ4v) is 3.66. The molecular weight excluding hydrogens is 414 g/mol. The van der Waals surface area contributed by atoms with Crippen LogP contribution >= 0.6 is 0 Å². The number of amides is 1. The summed E-state index contributed by atoms with van der Waals surface area (Å²) in [6.07, 6.45) is 5.90. The summed E-state index contributed by atoms with van der Waals surface area (Å²) in [7, 11) is 0. The summed E-state index contributed by atoms with van der Waals surface area (Å²) in [5, 5.41) is 13.2. The Bertz CT molecular complexity index is 1210. The largest absolute Gasteiger partial charge is 0.487 e. The predicted octanol–water partition coefficient (Wildman–Crippen LogP) is 4.60. The van der Waals surface area contributed by atoms with Gasteiger partial charge in [-0.05, 0) is 47.4 Å². The monoisotopic (exact) mass is 441 g/mol. The number of hydroxylamine groups is 1. The van der Waals surface area contributed by atoms with E-state index in [2.05, 4.69) is 34.7 Å². The summed E-state index contributed by atoms with van der Waals surface area (Å²) >= 11 is 0. The highest BCUT2D eigenvalue weighted by Gasteiger charge is 2.08. The first kappa shape index (κ1) is 22.3. The highest BCUT2D eigenvalue weighted by Crippen LogP contribution is 2.28. The Morgan fingerprint density at radius 3 is 2.58 bits per heavy atom. The van der Waals surface area contributed by atoms with E-state index in [-0.39, 0.29) is 0 Å². The highest BCUT2D eigenvalue weighted by molar-refractivity contribution is 5.90. The maximum Gasteiger partial charge on any atom is 0.267 e. The number of ether oxygens (including phenoxy) is 1. The fourth-order valence-electron chi connectivity index (χ4n) is 3.66. The molecular formula is C27H27N3O3. The Labute approximate surface area is 192 Å². The van der Waals surface area contributed by atoms with Crippen LogP contribution in [0.4, 0.5) is 0 Å². The Hall–Kier alpha value is -3.87. The van der Waals surface area contributed by atoms with Gasteiger partial charge in [0.05, 0.1) is 5.52 Å². The summed E-state index contributed by atoms with van der Waals surface area (Å²) < 4.78 is 6.06. The molecule has 0 aliphatic carbocycles. The van der Waals surface area contributed by atoms with Crippen LogP contribution in [0.3, 0.4) is 0 Å². The molecule has 0 bridgehead atoms. The number of nitrogens with one attached hydrogen (secondary N) is 3. The molecule has 4 rings (SSSR count). The summed E-state index contributed by atoms with van der Waals surface area (Å²) in [5.41, 5.74) is 7.06. The van der Waals surface area contributed by atoms with Gasteiger partial charge in [-0.1, -0.05) is 66.7 Å². The minimum atomic E-state index is -0.548. The Morgan fingerprint density at radius 2 is 1.79 bits per heavy atom. The number of H-pyrrole nitrogens is 1. The standard InChI is InChI=1S/C27H27N3O3/c31-26(30-32)14-13-20-9-11-21(12-10-20)17-28-16-15-23-18-29-27-24(23)7-4-8-25(27)33-19-22-5-2-1-3-6-22/h1-14,18,28-29,32H,15-17,19H2,(H,30,31)/b14-13+. The Balaban J connectivity index is 1.29. The van der Waals surface area contributed by atoms with Gasteiger partial charge in [-0.15, -0.1) is 0 Å². The van der Waals surface area contributed by atoms with Gasteiger partial charge in [0.1, 0.15) is 12.4 Å². The molecule has 0 saturated heterocycles. The first-order valence-corrected chi connectivity index (χ1v) is 10.9. The van der Waals surface area contributed by atoms with Crippen molar-refractivity contribution >= 4 is 22.9 Å². The van der Waals surface area contributed by atoms with E-state index in [4.69, 9.17) is 9.94 Å². The summed E-state index contributed by atoms with van der Waals surface area (Å²) in [4.78, 5) is 14.4. The zero-order valence-corrected chi connectivity index (χ0v) is 18.3. The molecule has 1 amide bonds. The number of rotatable bonds is 10. The Kier molecular flexibility index (Phi) is 7.53. The molecule has 0 aliphatic rings. The van der Waals surface area contributed by atoms with Crippen molar-refractivity contribution in [3.05, 3.63) is 107 Å². The highest BCUT2D eigenvalue weighted by atomic mass is 16.5. The minimum Gasteiger partial charge on any atom is -0.487 e. The van der Waals surface area contributed by atoms with Crippen LogP contribution in [-0.4, -0.2) is 22.6 Å². The number of carbonyl (C=O) groups excluding carboxylic acids is 1. The molecule has 0 spiro atoms. The van der Waals surface area contributed by atoms with Crippen molar-refractivity contribution in [1.82, 2.24) is 15.8 Å². The lowest BCUT2D eigenvalue weighted by molar-refractivity contribution is -0.124. The van der Waals surface area contributed by atoms with Crippen molar-refractivity contribution in [3.8, 4) is 5.75 Å².